The number of rotatable bonds is 6. The Labute approximate surface area is 125 Å². The summed E-state index contributed by atoms with van der Waals surface area (Å²) in [5.41, 5.74) is 9.44. The molecule has 0 radical (unpaired) electrons. The number of nitrogens with one attached hydrogen (secondary N) is 1. The van der Waals surface area contributed by atoms with Gasteiger partial charge in [-0.15, -0.1) is 0 Å². The van der Waals surface area contributed by atoms with E-state index in [1.165, 1.54) is 0 Å². The zero-order valence-electron chi connectivity index (χ0n) is 12.8. The molecule has 2 heterocycles. The van der Waals surface area contributed by atoms with Crippen LogP contribution in [0.4, 0.5) is 11.5 Å². The molecule has 2 aromatic heterocycles. The maximum absolute atomic E-state index is 9.54. The van der Waals surface area contributed by atoms with Gasteiger partial charge in [0.15, 0.2) is 5.82 Å². The molecular weight excluding hydrogens is 266 g/mol. The molecule has 0 amide bonds. The lowest BCUT2D eigenvalue weighted by molar-refractivity contribution is 0.194. The molecule has 0 aliphatic carbocycles. The summed E-state index contributed by atoms with van der Waals surface area (Å²) in [5.74, 6) is 0.723. The van der Waals surface area contributed by atoms with Gasteiger partial charge in [0.1, 0.15) is 0 Å². The first-order valence-corrected chi connectivity index (χ1v) is 7.22. The molecule has 0 aliphatic heterocycles. The quantitative estimate of drug-likeness (QED) is 0.752. The van der Waals surface area contributed by atoms with E-state index in [4.69, 9.17) is 5.73 Å². The Hall–Kier alpha value is -2.08. The van der Waals surface area contributed by atoms with Crippen molar-refractivity contribution < 1.29 is 5.11 Å². The largest absolute Gasteiger partial charge is 0.394 e. The van der Waals surface area contributed by atoms with E-state index >= 15 is 0 Å². The number of nitrogens with two attached hydrogens (primary N) is 1. The van der Waals surface area contributed by atoms with E-state index in [1.807, 2.05) is 29.9 Å². The molecule has 0 saturated heterocycles. The lowest BCUT2D eigenvalue weighted by atomic mass is 10.2. The van der Waals surface area contributed by atoms with Gasteiger partial charge in [0, 0.05) is 25.7 Å². The highest BCUT2D eigenvalue weighted by Crippen LogP contribution is 2.21. The number of hydrogen-bond acceptors (Lipinski definition) is 5. The Morgan fingerprint density at radius 1 is 1.43 bits per heavy atom. The van der Waals surface area contributed by atoms with Gasteiger partial charge in [-0.25, -0.2) is 0 Å². The second kappa shape index (κ2) is 6.58. The van der Waals surface area contributed by atoms with Gasteiger partial charge in [-0.1, -0.05) is 13.0 Å². The van der Waals surface area contributed by atoms with Crippen LogP contribution in [0, 0.1) is 0 Å². The van der Waals surface area contributed by atoms with Gasteiger partial charge in [-0.3, -0.25) is 9.67 Å². The van der Waals surface area contributed by atoms with Crippen molar-refractivity contribution >= 4 is 11.5 Å². The minimum absolute atomic E-state index is 0.545. The van der Waals surface area contributed by atoms with Crippen LogP contribution in [0.15, 0.2) is 18.2 Å². The zero-order chi connectivity index (χ0) is 15.4. The molecule has 0 aliphatic rings. The van der Waals surface area contributed by atoms with E-state index in [0.29, 0.717) is 17.9 Å². The number of aryl methyl sites for hydroxylation is 1. The predicted molar refractivity (Wildman–Crippen MR) is 84.1 cm³/mol. The van der Waals surface area contributed by atoms with Crippen LogP contribution >= 0.6 is 0 Å². The second-order valence-corrected chi connectivity index (χ2v) is 5.09. The van der Waals surface area contributed by atoms with E-state index in [-0.39, 0.29) is 0 Å². The topological polar surface area (TPSA) is 89.0 Å². The molecule has 1 atom stereocenters. The molecule has 6 heteroatoms. The van der Waals surface area contributed by atoms with Gasteiger partial charge in [-0.2, -0.15) is 5.10 Å². The van der Waals surface area contributed by atoms with Crippen LogP contribution in [0.5, 0.6) is 0 Å². The van der Waals surface area contributed by atoms with Gasteiger partial charge >= 0.3 is 0 Å². The third-order valence-electron chi connectivity index (χ3n) is 3.47. The summed E-state index contributed by atoms with van der Waals surface area (Å²) in [7, 11) is 1.90. The molecule has 21 heavy (non-hydrogen) atoms. The number of hydrogen-bond donors (Lipinski definition) is 3. The molecular formula is C15H23N5O. The number of aliphatic hydroxyl groups excluding tert-OH is 1. The molecule has 4 N–H and O–H groups in total. The fourth-order valence-corrected chi connectivity index (χ4v) is 2.30. The average Bonchev–Trinajstić information content (AvgIpc) is 2.73. The first kappa shape index (κ1) is 15.3. The summed E-state index contributed by atoms with van der Waals surface area (Å²) in [6.45, 7) is 4.47. The highest BCUT2D eigenvalue weighted by Gasteiger charge is 2.11. The van der Waals surface area contributed by atoms with Crippen molar-refractivity contribution in [3.8, 4) is 0 Å². The third kappa shape index (κ3) is 3.52. The minimum Gasteiger partial charge on any atom is -0.394 e. The van der Waals surface area contributed by atoms with Crippen LogP contribution < -0.4 is 11.1 Å². The van der Waals surface area contributed by atoms with Crippen molar-refractivity contribution in [2.45, 2.75) is 32.8 Å². The van der Waals surface area contributed by atoms with Crippen LogP contribution in [0.2, 0.25) is 0 Å². The molecule has 0 aromatic carbocycles. The summed E-state index contributed by atoms with van der Waals surface area (Å²) in [6.07, 6.45) is 1.06. The van der Waals surface area contributed by atoms with E-state index < -0.39 is 6.10 Å². The standard InChI is InChI=1S/C15H23N5O/c1-4-13-14(16)15(19-20(13)3)17-9-8-11-6-5-7-12(18-11)10(2)21/h5-7,10,21H,4,8-9,16H2,1-3H3,(H,17,19). The number of nitrogen functional groups attached to an aromatic ring is 1. The lowest BCUT2D eigenvalue weighted by Gasteiger charge is -2.07. The second-order valence-electron chi connectivity index (χ2n) is 5.09. The van der Waals surface area contributed by atoms with Crippen molar-refractivity contribution in [2.75, 3.05) is 17.6 Å². The molecule has 114 valence electrons. The van der Waals surface area contributed by atoms with Crippen LogP contribution in [0.1, 0.15) is 37.0 Å². The lowest BCUT2D eigenvalue weighted by Crippen LogP contribution is -2.09. The van der Waals surface area contributed by atoms with Crippen molar-refractivity contribution in [1.29, 1.82) is 0 Å². The third-order valence-corrected chi connectivity index (χ3v) is 3.47. The smallest absolute Gasteiger partial charge is 0.171 e. The van der Waals surface area contributed by atoms with Gasteiger partial charge < -0.3 is 16.2 Å². The Bertz CT molecular complexity index is 606. The fraction of sp³-hybridized carbons (Fsp3) is 0.467. The first-order valence-electron chi connectivity index (χ1n) is 7.22. The molecule has 0 bridgehead atoms. The summed E-state index contributed by atoms with van der Waals surface area (Å²) in [4.78, 5) is 4.42. The SMILES string of the molecule is CCc1c(N)c(NCCc2cccc(C(C)O)n2)nn1C. The van der Waals surface area contributed by atoms with Gasteiger partial charge in [0.2, 0.25) is 0 Å². The zero-order valence-corrected chi connectivity index (χ0v) is 12.8. The predicted octanol–water partition coefficient (Wildman–Crippen LogP) is 1.67. The number of aliphatic hydroxyl groups is 1. The summed E-state index contributed by atoms with van der Waals surface area (Å²) in [6, 6.07) is 5.69. The Kier molecular flexibility index (Phi) is 4.80. The highest BCUT2D eigenvalue weighted by molar-refractivity contribution is 5.64. The van der Waals surface area contributed by atoms with E-state index in [9.17, 15) is 5.11 Å². The number of nitrogens with zero attached hydrogens (tertiary/aromatic N) is 3. The maximum Gasteiger partial charge on any atom is 0.171 e. The van der Waals surface area contributed by atoms with Gasteiger partial charge in [0.25, 0.3) is 0 Å². The molecule has 0 spiro atoms. The number of anilines is 2. The van der Waals surface area contributed by atoms with Crippen molar-refractivity contribution in [2.24, 2.45) is 7.05 Å². The van der Waals surface area contributed by atoms with Crippen molar-refractivity contribution in [3.05, 3.63) is 35.3 Å². The van der Waals surface area contributed by atoms with E-state index in [2.05, 4.69) is 22.3 Å². The molecule has 2 aromatic rings. The summed E-state index contributed by atoms with van der Waals surface area (Å²) >= 11 is 0. The Balaban J connectivity index is 1.97. The monoisotopic (exact) mass is 289 g/mol. The van der Waals surface area contributed by atoms with Crippen LogP contribution in [-0.2, 0) is 19.9 Å². The molecule has 0 saturated carbocycles. The summed E-state index contributed by atoms with van der Waals surface area (Å²) < 4.78 is 1.81. The Morgan fingerprint density at radius 2 is 2.19 bits per heavy atom. The Morgan fingerprint density at radius 3 is 2.81 bits per heavy atom. The molecule has 6 nitrogen and oxygen atoms in total. The van der Waals surface area contributed by atoms with Crippen LogP contribution in [0.3, 0.4) is 0 Å². The van der Waals surface area contributed by atoms with Crippen LogP contribution in [-0.4, -0.2) is 26.4 Å². The van der Waals surface area contributed by atoms with E-state index in [0.717, 1.165) is 30.0 Å². The molecule has 1 unspecified atom stereocenters. The average molecular weight is 289 g/mol. The first-order chi connectivity index (χ1) is 10.0. The minimum atomic E-state index is -0.545. The normalized spacial score (nSPS) is 12.4. The maximum atomic E-state index is 9.54. The highest BCUT2D eigenvalue weighted by atomic mass is 16.3. The van der Waals surface area contributed by atoms with E-state index in [1.54, 1.807) is 6.92 Å². The van der Waals surface area contributed by atoms with Gasteiger partial charge in [0.05, 0.1) is 23.2 Å². The van der Waals surface area contributed by atoms with Crippen molar-refractivity contribution in [3.63, 3.8) is 0 Å². The number of aromatic nitrogens is 3. The number of pyridine rings is 1. The molecule has 0 fully saturated rings. The van der Waals surface area contributed by atoms with Crippen molar-refractivity contribution in [1.82, 2.24) is 14.8 Å². The van der Waals surface area contributed by atoms with Gasteiger partial charge in [-0.05, 0) is 25.5 Å². The molecule has 2 rings (SSSR count). The summed E-state index contributed by atoms with van der Waals surface area (Å²) in [5, 5.41) is 17.2. The van der Waals surface area contributed by atoms with Crippen LogP contribution in [0.25, 0.3) is 0 Å². The fourth-order valence-electron chi connectivity index (χ4n) is 2.30.